The van der Waals surface area contributed by atoms with Gasteiger partial charge in [-0.25, -0.2) is 9.99 Å². The standard InChI is InChI=1S/C13H11N3O/c1-3-11-8-10(9-12(4-2)14-11)13(17)15-16-6-5-7-16/h1-2,8-9H,5-7H2,(H,15,17). The molecule has 1 aliphatic rings. The predicted octanol–water partition coefficient (Wildman–Crippen LogP) is 0.395. The highest BCUT2D eigenvalue weighted by Gasteiger charge is 2.17. The molecule has 84 valence electrons. The third-order valence-electron chi connectivity index (χ3n) is 2.50. The number of nitrogens with one attached hydrogen (secondary N) is 1. The lowest BCUT2D eigenvalue weighted by Crippen LogP contribution is -2.50. The smallest absolute Gasteiger partial charge is 0.265 e. The Morgan fingerprint density at radius 1 is 1.29 bits per heavy atom. The van der Waals surface area contributed by atoms with Gasteiger partial charge in [-0.2, -0.15) is 0 Å². The van der Waals surface area contributed by atoms with Crippen LogP contribution >= 0.6 is 0 Å². The second kappa shape index (κ2) is 4.69. The summed E-state index contributed by atoms with van der Waals surface area (Å²) in [5, 5.41) is 1.84. The van der Waals surface area contributed by atoms with Crippen molar-refractivity contribution >= 4 is 5.91 Å². The molecule has 2 heterocycles. The van der Waals surface area contributed by atoms with Crippen molar-refractivity contribution in [1.82, 2.24) is 15.4 Å². The number of pyridine rings is 1. The number of rotatable bonds is 2. The zero-order chi connectivity index (χ0) is 12.3. The Morgan fingerprint density at radius 3 is 2.29 bits per heavy atom. The fourth-order valence-corrected chi connectivity index (χ4v) is 1.45. The van der Waals surface area contributed by atoms with Gasteiger partial charge in [-0.15, -0.1) is 12.8 Å². The quantitative estimate of drug-likeness (QED) is 0.741. The number of carbonyl (C=O) groups excluding carboxylic acids is 1. The van der Waals surface area contributed by atoms with Gasteiger partial charge in [0.25, 0.3) is 5.91 Å². The van der Waals surface area contributed by atoms with Gasteiger partial charge in [0.2, 0.25) is 0 Å². The van der Waals surface area contributed by atoms with Crippen LogP contribution in [0.15, 0.2) is 12.1 Å². The zero-order valence-corrected chi connectivity index (χ0v) is 9.23. The van der Waals surface area contributed by atoms with Gasteiger partial charge >= 0.3 is 0 Å². The summed E-state index contributed by atoms with van der Waals surface area (Å²) in [4.78, 5) is 15.9. The number of hydrazine groups is 1. The van der Waals surface area contributed by atoms with E-state index in [0.29, 0.717) is 17.0 Å². The van der Waals surface area contributed by atoms with Crippen molar-refractivity contribution in [2.45, 2.75) is 6.42 Å². The molecule has 1 aromatic heterocycles. The molecule has 0 spiro atoms. The summed E-state index contributed by atoms with van der Waals surface area (Å²) >= 11 is 0. The first-order valence-corrected chi connectivity index (χ1v) is 5.24. The Hall–Kier alpha value is -2.30. The monoisotopic (exact) mass is 225 g/mol. The van der Waals surface area contributed by atoms with Crippen LogP contribution in [0.2, 0.25) is 0 Å². The summed E-state index contributed by atoms with van der Waals surface area (Å²) in [6, 6.07) is 3.10. The lowest BCUT2D eigenvalue weighted by molar-refractivity contribution is 0.0642. The van der Waals surface area contributed by atoms with Gasteiger partial charge in [0.1, 0.15) is 11.4 Å². The SMILES string of the molecule is C#Cc1cc(C(=O)NN2CCC2)cc(C#C)n1. The molecule has 1 N–H and O–H groups in total. The summed E-state index contributed by atoms with van der Waals surface area (Å²) < 4.78 is 0. The first-order valence-electron chi connectivity index (χ1n) is 5.24. The maximum absolute atomic E-state index is 11.9. The number of nitrogens with zero attached hydrogens (tertiary/aromatic N) is 2. The maximum Gasteiger partial charge on any atom is 0.265 e. The first kappa shape index (κ1) is 11.2. The van der Waals surface area contributed by atoms with E-state index >= 15 is 0 Å². The summed E-state index contributed by atoms with van der Waals surface area (Å²) in [6.45, 7) is 1.75. The second-order valence-corrected chi connectivity index (χ2v) is 3.70. The van der Waals surface area contributed by atoms with E-state index in [4.69, 9.17) is 12.8 Å². The Balaban J connectivity index is 2.22. The van der Waals surface area contributed by atoms with E-state index in [1.807, 2.05) is 5.01 Å². The fourth-order valence-electron chi connectivity index (χ4n) is 1.45. The normalized spacial score (nSPS) is 14.2. The van der Waals surface area contributed by atoms with Gasteiger partial charge in [0, 0.05) is 18.7 Å². The van der Waals surface area contributed by atoms with Gasteiger partial charge in [0.15, 0.2) is 0 Å². The van der Waals surface area contributed by atoms with E-state index in [0.717, 1.165) is 19.5 Å². The lowest BCUT2D eigenvalue weighted by Gasteiger charge is -2.30. The van der Waals surface area contributed by atoms with Crippen molar-refractivity contribution < 1.29 is 4.79 Å². The van der Waals surface area contributed by atoms with E-state index in [1.54, 1.807) is 12.1 Å². The van der Waals surface area contributed by atoms with Crippen molar-refractivity contribution in [3.05, 3.63) is 29.1 Å². The molecule has 0 saturated carbocycles. The van der Waals surface area contributed by atoms with Gasteiger partial charge in [-0.1, -0.05) is 11.8 Å². The third kappa shape index (κ3) is 2.44. The van der Waals surface area contributed by atoms with Gasteiger partial charge < -0.3 is 0 Å². The van der Waals surface area contributed by atoms with Gasteiger partial charge in [-0.3, -0.25) is 10.2 Å². The van der Waals surface area contributed by atoms with E-state index < -0.39 is 0 Å². The molecule has 0 unspecified atom stereocenters. The van der Waals surface area contributed by atoms with E-state index in [9.17, 15) is 4.79 Å². The van der Waals surface area contributed by atoms with Crippen molar-refractivity contribution in [3.63, 3.8) is 0 Å². The van der Waals surface area contributed by atoms with E-state index in [2.05, 4.69) is 22.3 Å². The van der Waals surface area contributed by atoms with Crippen LogP contribution in [0.3, 0.4) is 0 Å². The summed E-state index contributed by atoms with van der Waals surface area (Å²) in [7, 11) is 0. The third-order valence-corrected chi connectivity index (χ3v) is 2.50. The summed E-state index contributed by atoms with van der Waals surface area (Å²) in [6.07, 6.45) is 11.6. The highest BCUT2D eigenvalue weighted by molar-refractivity contribution is 5.94. The number of amides is 1. The van der Waals surface area contributed by atoms with Crippen LogP contribution in [-0.2, 0) is 0 Å². The summed E-state index contributed by atoms with van der Waals surface area (Å²) in [5.74, 6) is 4.55. The van der Waals surface area contributed by atoms with Crippen molar-refractivity contribution in [3.8, 4) is 24.7 Å². The number of hydrogen-bond donors (Lipinski definition) is 1. The summed E-state index contributed by atoms with van der Waals surface area (Å²) in [5.41, 5.74) is 3.94. The number of hydrogen-bond acceptors (Lipinski definition) is 3. The number of carbonyl (C=O) groups is 1. The minimum absolute atomic E-state index is 0.208. The zero-order valence-electron chi connectivity index (χ0n) is 9.23. The molecule has 17 heavy (non-hydrogen) atoms. The Labute approximate surface area is 100 Å². The molecular weight excluding hydrogens is 214 g/mol. The molecule has 1 saturated heterocycles. The number of terminal acetylenes is 2. The largest absolute Gasteiger partial charge is 0.285 e. The Morgan fingerprint density at radius 2 is 1.88 bits per heavy atom. The molecule has 1 aliphatic heterocycles. The van der Waals surface area contributed by atoms with Crippen LogP contribution in [0.25, 0.3) is 0 Å². The molecule has 0 atom stereocenters. The molecule has 1 amide bonds. The molecule has 4 heteroatoms. The molecule has 1 fully saturated rings. The van der Waals surface area contributed by atoms with Gasteiger partial charge in [-0.05, 0) is 18.6 Å². The van der Waals surface area contributed by atoms with Crippen molar-refractivity contribution in [1.29, 1.82) is 0 Å². The molecule has 0 bridgehead atoms. The molecule has 2 rings (SSSR count). The molecule has 0 aromatic carbocycles. The highest BCUT2D eigenvalue weighted by atomic mass is 16.2. The molecule has 4 nitrogen and oxygen atoms in total. The van der Waals surface area contributed by atoms with Crippen LogP contribution < -0.4 is 5.43 Å². The average Bonchev–Trinajstić information content (AvgIpc) is 2.32. The average molecular weight is 225 g/mol. The Bertz CT molecular complexity index is 500. The van der Waals surface area contributed by atoms with Crippen LogP contribution in [0.4, 0.5) is 0 Å². The van der Waals surface area contributed by atoms with Crippen molar-refractivity contribution in [2.75, 3.05) is 13.1 Å². The second-order valence-electron chi connectivity index (χ2n) is 3.70. The van der Waals surface area contributed by atoms with Crippen LogP contribution in [0, 0.1) is 24.7 Å². The van der Waals surface area contributed by atoms with Crippen LogP contribution in [0.1, 0.15) is 28.2 Å². The molecule has 0 aliphatic carbocycles. The van der Waals surface area contributed by atoms with E-state index in [-0.39, 0.29) is 5.91 Å². The van der Waals surface area contributed by atoms with E-state index in [1.165, 1.54) is 0 Å². The fraction of sp³-hybridized carbons (Fsp3) is 0.231. The maximum atomic E-state index is 11.9. The van der Waals surface area contributed by atoms with Crippen LogP contribution in [-0.4, -0.2) is 29.0 Å². The Kier molecular flexibility index (Phi) is 3.09. The molecule has 0 radical (unpaired) electrons. The lowest BCUT2D eigenvalue weighted by atomic mass is 10.2. The topological polar surface area (TPSA) is 45.2 Å². The predicted molar refractivity (Wildman–Crippen MR) is 63.8 cm³/mol. The van der Waals surface area contributed by atoms with Crippen LogP contribution in [0.5, 0.6) is 0 Å². The van der Waals surface area contributed by atoms with Crippen molar-refractivity contribution in [2.24, 2.45) is 0 Å². The van der Waals surface area contributed by atoms with Gasteiger partial charge in [0.05, 0.1) is 0 Å². The molecule has 1 aromatic rings. The minimum atomic E-state index is -0.208. The minimum Gasteiger partial charge on any atom is -0.285 e. The first-order chi connectivity index (χ1) is 8.22. The number of aromatic nitrogens is 1. The highest BCUT2D eigenvalue weighted by Crippen LogP contribution is 2.07. The molecular formula is C13H11N3O.